The van der Waals surface area contributed by atoms with Crippen LogP contribution in [0.2, 0.25) is 0 Å². The number of nitriles is 1. The second-order valence-electron chi connectivity index (χ2n) is 7.69. The van der Waals surface area contributed by atoms with Gasteiger partial charge in [-0.15, -0.1) is 0 Å². The van der Waals surface area contributed by atoms with E-state index in [0.29, 0.717) is 12.8 Å². The Labute approximate surface area is 165 Å². The normalized spacial score (nSPS) is 15.8. The van der Waals surface area contributed by atoms with E-state index in [-0.39, 0.29) is 18.9 Å². The summed E-state index contributed by atoms with van der Waals surface area (Å²) >= 11 is 0. The largest absolute Gasteiger partial charge is 0.464 e. The molecule has 6 heteroatoms. The summed E-state index contributed by atoms with van der Waals surface area (Å²) in [5.74, 6) is -0.836. The number of fused-ring (bicyclic) bond motifs is 1. The van der Waals surface area contributed by atoms with E-state index in [0.717, 1.165) is 46.9 Å². The summed E-state index contributed by atoms with van der Waals surface area (Å²) in [4.78, 5) is 26.2. The van der Waals surface area contributed by atoms with Crippen molar-refractivity contribution >= 4 is 22.8 Å². The maximum atomic E-state index is 12.5. The highest BCUT2D eigenvalue weighted by atomic mass is 16.5. The van der Waals surface area contributed by atoms with Crippen LogP contribution in [0.4, 0.5) is 0 Å². The van der Waals surface area contributed by atoms with Gasteiger partial charge in [-0.3, -0.25) is 9.59 Å². The molecular formula is C22H26N2O4. The van der Waals surface area contributed by atoms with Crippen LogP contribution in [0.3, 0.4) is 0 Å². The van der Waals surface area contributed by atoms with Crippen LogP contribution in [0.15, 0.2) is 22.8 Å². The van der Waals surface area contributed by atoms with Gasteiger partial charge in [-0.25, -0.2) is 0 Å². The van der Waals surface area contributed by atoms with Crippen molar-refractivity contribution in [3.05, 3.63) is 35.1 Å². The molecule has 0 N–H and O–H groups in total. The van der Waals surface area contributed by atoms with Crippen molar-refractivity contribution < 1.29 is 18.7 Å². The fourth-order valence-electron chi connectivity index (χ4n) is 3.82. The number of nitrogens with zero attached hydrogens (tertiary/aromatic N) is 2. The van der Waals surface area contributed by atoms with E-state index >= 15 is 0 Å². The summed E-state index contributed by atoms with van der Waals surface area (Å²) in [7, 11) is 1.62. The van der Waals surface area contributed by atoms with E-state index in [9.17, 15) is 14.9 Å². The van der Waals surface area contributed by atoms with Crippen molar-refractivity contribution in [2.75, 3.05) is 13.7 Å². The Morgan fingerprint density at radius 3 is 2.57 bits per heavy atom. The molecule has 0 atom stereocenters. The van der Waals surface area contributed by atoms with E-state index in [1.807, 2.05) is 26.0 Å². The third kappa shape index (κ3) is 3.89. The standard InChI is InChI=1S/C22H26N2O4/c1-15-9-18-17(12-27-19(18)10-16(15)2)11-21(26)28-13-20(25)24(3)22(14-23)7-5-4-6-8-22/h9-10,12H,4-8,11,13H2,1-3H3. The molecule has 1 amide bonds. The number of hydrogen-bond donors (Lipinski definition) is 0. The number of esters is 1. The molecule has 1 heterocycles. The molecule has 1 fully saturated rings. The van der Waals surface area contributed by atoms with E-state index < -0.39 is 11.5 Å². The Hall–Kier alpha value is -2.81. The van der Waals surface area contributed by atoms with Crippen LogP contribution < -0.4 is 0 Å². The number of hydrogen-bond acceptors (Lipinski definition) is 5. The second-order valence-corrected chi connectivity index (χ2v) is 7.69. The molecule has 3 rings (SSSR count). The van der Waals surface area contributed by atoms with Gasteiger partial charge in [0.25, 0.3) is 5.91 Å². The van der Waals surface area contributed by atoms with Crippen LogP contribution in [0.5, 0.6) is 0 Å². The zero-order valence-electron chi connectivity index (χ0n) is 16.7. The second kappa shape index (κ2) is 8.05. The number of carbonyl (C=O) groups excluding carboxylic acids is 2. The van der Waals surface area contributed by atoms with E-state index in [1.54, 1.807) is 13.3 Å². The zero-order chi connectivity index (χ0) is 20.3. The predicted octanol–water partition coefficient (Wildman–Crippen LogP) is 3.82. The molecule has 1 aromatic carbocycles. The summed E-state index contributed by atoms with van der Waals surface area (Å²) < 4.78 is 10.7. The van der Waals surface area contributed by atoms with Crippen LogP contribution in [-0.4, -0.2) is 36.0 Å². The lowest BCUT2D eigenvalue weighted by Gasteiger charge is -2.38. The number of rotatable bonds is 5. The molecule has 1 aromatic heterocycles. The molecule has 6 nitrogen and oxygen atoms in total. The molecular weight excluding hydrogens is 356 g/mol. The van der Waals surface area contributed by atoms with Crippen LogP contribution in [0, 0.1) is 25.2 Å². The van der Waals surface area contributed by atoms with Gasteiger partial charge >= 0.3 is 5.97 Å². The maximum absolute atomic E-state index is 12.5. The van der Waals surface area contributed by atoms with E-state index in [2.05, 4.69) is 6.07 Å². The Bertz CT molecular complexity index is 932. The molecule has 0 bridgehead atoms. The topological polar surface area (TPSA) is 83.5 Å². The van der Waals surface area contributed by atoms with Gasteiger partial charge in [0, 0.05) is 18.0 Å². The molecule has 1 saturated carbocycles. The first kappa shape index (κ1) is 19.9. The average Bonchev–Trinajstić information content (AvgIpc) is 3.07. The maximum Gasteiger partial charge on any atom is 0.310 e. The monoisotopic (exact) mass is 382 g/mol. The first-order valence-corrected chi connectivity index (χ1v) is 9.67. The first-order valence-electron chi connectivity index (χ1n) is 9.67. The highest BCUT2D eigenvalue weighted by Gasteiger charge is 2.39. The van der Waals surface area contributed by atoms with Gasteiger partial charge in [0.15, 0.2) is 6.61 Å². The smallest absolute Gasteiger partial charge is 0.310 e. The number of likely N-dealkylation sites (N-methyl/N-ethyl adjacent to an activating group) is 1. The molecule has 0 saturated heterocycles. The highest BCUT2D eigenvalue weighted by Crippen LogP contribution is 2.32. The summed E-state index contributed by atoms with van der Waals surface area (Å²) in [6.45, 7) is 3.66. The summed E-state index contributed by atoms with van der Waals surface area (Å²) in [5.41, 5.74) is 2.94. The summed E-state index contributed by atoms with van der Waals surface area (Å²) in [6.07, 6.45) is 5.87. The molecule has 0 unspecified atom stereocenters. The summed E-state index contributed by atoms with van der Waals surface area (Å²) in [5, 5.41) is 10.5. The van der Waals surface area contributed by atoms with Crippen LogP contribution in [-0.2, 0) is 20.7 Å². The van der Waals surface area contributed by atoms with Crippen molar-refractivity contribution in [2.45, 2.75) is 57.9 Å². The Morgan fingerprint density at radius 1 is 1.21 bits per heavy atom. The van der Waals surface area contributed by atoms with E-state index in [1.165, 1.54) is 4.90 Å². The number of amides is 1. The molecule has 2 aromatic rings. The fraction of sp³-hybridized carbons (Fsp3) is 0.500. The number of benzene rings is 1. The molecule has 1 aliphatic rings. The molecule has 0 aliphatic heterocycles. The van der Waals surface area contributed by atoms with Crippen LogP contribution in [0.1, 0.15) is 48.8 Å². The van der Waals surface area contributed by atoms with Crippen LogP contribution in [0.25, 0.3) is 11.0 Å². The molecule has 148 valence electrons. The van der Waals surface area contributed by atoms with Gasteiger partial charge in [0.1, 0.15) is 11.1 Å². The quantitative estimate of drug-likeness (QED) is 0.734. The average molecular weight is 382 g/mol. The Morgan fingerprint density at radius 2 is 1.89 bits per heavy atom. The van der Waals surface area contributed by atoms with Crippen molar-refractivity contribution in [2.24, 2.45) is 0 Å². The van der Waals surface area contributed by atoms with E-state index in [4.69, 9.17) is 9.15 Å². The minimum Gasteiger partial charge on any atom is -0.464 e. The lowest BCUT2D eigenvalue weighted by atomic mass is 9.81. The number of furan rings is 1. The number of carbonyl (C=O) groups is 2. The predicted molar refractivity (Wildman–Crippen MR) is 105 cm³/mol. The fourth-order valence-corrected chi connectivity index (χ4v) is 3.82. The first-order chi connectivity index (χ1) is 13.4. The van der Waals surface area contributed by atoms with Crippen molar-refractivity contribution in [3.8, 4) is 6.07 Å². The lowest BCUT2D eigenvalue weighted by molar-refractivity contribution is -0.153. The van der Waals surface area contributed by atoms with Gasteiger partial charge in [-0.05, 0) is 49.9 Å². The third-order valence-electron chi connectivity index (χ3n) is 5.87. The van der Waals surface area contributed by atoms with Crippen molar-refractivity contribution in [3.63, 3.8) is 0 Å². The summed E-state index contributed by atoms with van der Waals surface area (Å²) in [6, 6.07) is 6.25. The number of aryl methyl sites for hydroxylation is 2. The van der Waals surface area contributed by atoms with Gasteiger partial charge in [0.2, 0.25) is 0 Å². The number of ether oxygens (including phenoxy) is 1. The molecule has 0 spiro atoms. The minimum absolute atomic E-state index is 0.0376. The third-order valence-corrected chi connectivity index (χ3v) is 5.87. The zero-order valence-corrected chi connectivity index (χ0v) is 16.7. The highest BCUT2D eigenvalue weighted by molar-refractivity contribution is 5.88. The lowest BCUT2D eigenvalue weighted by Crippen LogP contribution is -2.51. The van der Waals surface area contributed by atoms with Gasteiger partial charge in [0.05, 0.1) is 18.8 Å². The van der Waals surface area contributed by atoms with Crippen molar-refractivity contribution in [1.82, 2.24) is 4.90 Å². The Kier molecular flexibility index (Phi) is 5.73. The minimum atomic E-state index is -0.780. The molecule has 0 radical (unpaired) electrons. The Balaban J connectivity index is 1.60. The molecule has 28 heavy (non-hydrogen) atoms. The van der Waals surface area contributed by atoms with Gasteiger partial charge in [-0.2, -0.15) is 5.26 Å². The van der Waals surface area contributed by atoms with Gasteiger partial charge in [-0.1, -0.05) is 19.3 Å². The van der Waals surface area contributed by atoms with Gasteiger partial charge < -0.3 is 14.1 Å². The van der Waals surface area contributed by atoms with Crippen LogP contribution >= 0.6 is 0 Å². The SMILES string of the molecule is Cc1cc2occ(CC(=O)OCC(=O)N(C)C3(C#N)CCCCC3)c2cc1C. The van der Waals surface area contributed by atoms with Crippen molar-refractivity contribution in [1.29, 1.82) is 5.26 Å². The molecule has 1 aliphatic carbocycles.